The van der Waals surface area contributed by atoms with Crippen molar-refractivity contribution in [3.8, 4) is 0 Å². The minimum atomic E-state index is -1.06. The molecule has 1 amide bonds. The highest BCUT2D eigenvalue weighted by Crippen LogP contribution is 1.79. The van der Waals surface area contributed by atoms with Crippen molar-refractivity contribution in [2.24, 2.45) is 5.73 Å². The zero-order valence-electron chi connectivity index (χ0n) is 6.54. The smallest absolute Gasteiger partial charge is 0.404 e. The Morgan fingerprint density at radius 1 is 1.82 bits per heavy atom. The molecule has 0 aliphatic carbocycles. The van der Waals surface area contributed by atoms with E-state index in [4.69, 9.17) is 15.6 Å². The summed E-state index contributed by atoms with van der Waals surface area (Å²) < 4.78 is 4.97. The first-order chi connectivity index (χ1) is 5.16. The highest BCUT2D eigenvalue weighted by atomic mass is 16.5. The van der Waals surface area contributed by atoms with Crippen molar-refractivity contribution in [1.29, 1.82) is 0 Å². The molecule has 0 heterocycles. The van der Waals surface area contributed by atoms with Gasteiger partial charge in [-0.1, -0.05) is 0 Å². The van der Waals surface area contributed by atoms with Gasteiger partial charge in [0, 0.05) is 19.2 Å². The molecule has 4 N–H and O–H groups in total. The zero-order chi connectivity index (χ0) is 8.69. The topological polar surface area (TPSA) is 84.6 Å². The molecule has 0 spiro atoms. The molecule has 1 atom stereocenters. The van der Waals surface area contributed by atoms with Gasteiger partial charge in [0.1, 0.15) is 0 Å². The van der Waals surface area contributed by atoms with Gasteiger partial charge in [-0.05, 0) is 6.92 Å². The second-order valence-corrected chi connectivity index (χ2v) is 2.11. The van der Waals surface area contributed by atoms with Crippen LogP contribution in [0.1, 0.15) is 6.92 Å². The maximum absolute atomic E-state index is 9.97. The molecular weight excluding hydrogens is 148 g/mol. The summed E-state index contributed by atoms with van der Waals surface area (Å²) in [5.74, 6) is 0. The second kappa shape index (κ2) is 5.94. The van der Waals surface area contributed by atoms with Crippen LogP contribution in [0.15, 0.2) is 0 Å². The zero-order valence-corrected chi connectivity index (χ0v) is 6.54. The van der Waals surface area contributed by atoms with E-state index in [0.717, 1.165) is 0 Å². The third-order valence-corrected chi connectivity index (χ3v) is 1.05. The molecule has 0 aromatic heterocycles. The van der Waals surface area contributed by atoms with E-state index in [-0.39, 0.29) is 12.6 Å². The molecule has 0 aliphatic heterocycles. The quantitative estimate of drug-likeness (QED) is 0.514. The van der Waals surface area contributed by atoms with Gasteiger partial charge in [-0.25, -0.2) is 4.79 Å². The third-order valence-electron chi connectivity index (χ3n) is 1.05. The molecule has 0 saturated heterocycles. The van der Waals surface area contributed by atoms with Crippen LogP contribution >= 0.6 is 0 Å². The number of hydrogen-bond acceptors (Lipinski definition) is 3. The molecule has 1 unspecified atom stereocenters. The Hall–Kier alpha value is -0.810. The molecular formula is C6H14N2O3. The van der Waals surface area contributed by atoms with E-state index in [2.05, 4.69) is 5.32 Å². The van der Waals surface area contributed by atoms with Crippen LogP contribution in [-0.4, -0.2) is 37.0 Å². The maximum atomic E-state index is 9.97. The van der Waals surface area contributed by atoms with E-state index in [9.17, 15) is 4.79 Å². The summed E-state index contributed by atoms with van der Waals surface area (Å²) >= 11 is 0. The van der Waals surface area contributed by atoms with Crippen LogP contribution in [0.25, 0.3) is 0 Å². The monoisotopic (exact) mass is 162 g/mol. The number of hydrogen-bond donors (Lipinski definition) is 3. The lowest BCUT2D eigenvalue weighted by atomic mass is 10.3. The van der Waals surface area contributed by atoms with E-state index in [1.54, 1.807) is 0 Å². The van der Waals surface area contributed by atoms with Crippen LogP contribution in [0, 0.1) is 0 Å². The first-order valence-electron chi connectivity index (χ1n) is 3.47. The van der Waals surface area contributed by atoms with Crippen molar-refractivity contribution in [2.45, 2.75) is 13.0 Å². The van der Waals surface area contributed by atoms with Crippen LogP contribution in [0.3, 0.4) is 0 Å². The van der Waals surface area contributed by atoms with Crippen LogP contribution in [-0.2, 0) is 4.74 Å². The number of nitrogens with one attached hydrogen (secondary N) is 1. The molecule has 0 radical (unpaired) electrons. The van der Waals surface area contributed by atoms with E-state index < -0.39 is 6.09 Å². The lowest BCUT2D eigenvalue weighted by Gasteiger charge is -2.10. The molecule has 0 bridgehead atoms. The van der Waals surface area contributed by atoms with Gasteiger partial charge in [0.2, 0.25) is 0 Å². The van der Waals surface area contributed by atoms with E-state index in [1.807, 2.05) is 6.92 Å². The highest BCUT2D eigenvalue weighted by molar-refractivity contribution is 5.64. The van der Waals surface area contributed by atoms with Gasteiger partial charge in [-0.2, -0.15) is 0 Å². The highest BCUT2D eigenvalue weighted by Gasteiger charge is 2.02. The average Bonchev–Trinajstić information content (AvgIpc) is 1.97. The Morgan fingerprint density at radius 2 is 2.45 bits per heavy atom. The largest absolute Gasteiger partial charge is 0.465 e. The lowest BCUT2D eigenvalue weighted by Crippen LogP contribution is -2.39. The van der Waals surface area contributed by atoms with Gasteiger partial charge in [0.25, 0.3) is 0 Å². The summed E-state index contributed by atoms with van der Waals surface area (Å²) in [6.07, 6.45) is -1.06. The number of ether oxygens (including phenoxy) is 1. The number of rotatable bonds is 5. The van der Waals surface area contributed by atoms with Crippen molar-refractivity contribution in [3.05, 3.63) is 0 Å². The van der Waals surface area contributed by atoms with Gasteiger partial charge >= 0.3 is 6.09 Å². The van der Waals surface area contributed by atoms with Gasteiger partial charge in [0.15, 0.2) is 0 Å². The summed E-state index contributed by atoms with van der Waals surface area (Å²) in [6.45, 7) is 3.07. The van der Waals surface area contributed by atoms with Crippen LogP contribution in [0.5, 0.6) is 0 Å². The Bertz CT molecular complexity index is 118. The number of amides is 1. The van der Waals surface area contributed by atoms with Crippen LogP contribution in [0.2, 0.25) is 0 Å². The molecule has 0 aromatic carbocycles. The average molecular weight is 162 g/mol. The van der Waals surface area contributed by atoms with E-state index >= 15 is 0 Å². The molecule has 5 nitrogen and oxygen atoms in total. The maximum Gasteiger partial charge on any atom is 0.404 e. The SMILES string of the molecule is CCOCC(N)CNC(=O)O. The third kappa shape index (κ3) is 7.08. The van der Waals surface area contributed by atoms with Gasteiger partial charge in [0.05, 0.1) is 6.61 Å². The first-order valence-corrected chi connectivity index (χ1v) is 3.47. The Morgan fingerprint density at radius 3 is 2.91 bits per heavy atom. The molecule has 11 heavy (non-hydrogen) atoms. The van der Waals surface area contributed by atoms with Crippen LogP contribution in [0.4, 0.5) is 4.79 Å². The van der Waals surface area contributed by atoms with Crippen molar-refractivity contribution in [1.82, 2.24) is 5.32 Å². The fourth-order valence-corrected chi connectivity index (χ4v) is 0.547. The molecule has 0 saturated carbocycles. The summed E-state index contributed by atoms with van der Waals surface area (Å²) in [5.41, 5.74) is 5.46. The van der Waals surface area contributed by atoms with Crippen molar-refractivity contribution in [2.75, 3.05) is 19.8 Å². The molecule has 0 aliphatic rings. The minimum absolute atomic E-state index is 0.231. The summed E-state index contributed by atoms with van der Waals surface area (Å²) in [5, 5.41) is 10.3. The molecule has 0 rings (SSSR count). The molecule has 66 valence electrons. The summed E-state index contributed by atoms with van der Waals surface area (Å²) in [4.78, 5) is 9.97. The molecule has 0 aromatic rings. The van der Waals surface area contributed by atoms with Crippen molar-refractivity contribution < 1.29 is 14.6 Å². The summed E-state index contributed by atoms with van der Waals surface area (Å²) in [7, 11) is 0. The van der Waals surface area contributed by atoms with E-state index in [1.165, 1.54) is 0 Å². The number of carbonyl (C=O) groups is 1. The summed E-state index contributed by atoms with van der Waals surface area (Å²) in [6, 6.07) is -0.258. The number of carboxylic acid groups (broad SMARTS) is 1. The van der Waals surface area contributed by atoms with E-state index in [0.29, 0.717) is 13.2 Å². The first kappa shape index (κ1) is 10.2. The minimum Gasteiger partial charge on any atom is -0.465 e. The standard InChI is InChI=1S/C6H14N2O3/c1-2-11-4-5(7)3-8-6(9)10/h5,8H,2-4,7H2,1H3,(H,9,10). The Kier molecular flexibility index (Phi) is 5.50. The van der Waals surface area contributed by atoms with Crippen LogP contribution < -0.4 is 11.1 Å². The van der Waals surface area contributed by atoms with Crippen molar-refractivity contribution in [3.63, 3.8) is 0 Å². The molecule has 5 heteroatoms. The second-order valence-electron chi connectivity index (χ2n) is 2.11. The fourth-order valence-electron chi connectivity index (χ4n) is 0.547. The van der Waals surface area contributed by atoms with Gasteiger partial charge in [-0.15, -0.1) is 0 Å². The van der Waals surface area contributed by atoms with Gasteiger partial charge < -0.3 is 20.9 Å². The number of nitrogens with two attached hydrogens (primary N) is 1. The van der Waals surface area contributed by atoms with Crippen molar-refractivity contribution >= 4 is 6.09 Å². The Labute approximate surface area is 65.5 Å². The Balaban J connectivity index is 3.22. The fraction of sp³-hybridized carbons (Fsp3) is 0.833. The predicted octanol–water partition coefficient (Wildman–Crippen LogP) is -0.382. The normalized spacial score (nSPS) is 12.5. The molecule has 0 fully saturated rings. The lowest BCUT2D eigenvalue weighted by molar-refractivity contribution is 0.131. The predicted molar refractivity (Wildman–Crippen MR) is 40.5 cm³/mol. The van der Waals surface area contributed by atoms with Gasteiger partial charge in [-0.3, -0.25) is 0 Å².